The first-order chi connectivity index (χ1) is 7.77. The van der Waals surface area contributed by atoms with Gasteiger partial charge in [-0.3, -0.25) is 9.59 Å². The molecule has 1 aromatic carbocycles. The maximum atomic E-state index is 12.0. The Bertz CT molecular complexity index is 617. The Labute approximate surface area is 98.2 Å². The van der Waals surface area contributed by atoms with Crippen LogP contribution in [0.4, 0.5) is 0 Å². The number of carbonyl (C=O) groups is 2. The van der Waals surface area contributed by atoms with Crippen molar-refractivity contribution in [2.75, 3.05) is 0 Å². The van der Waals surface area contributed by atoms with E-state index in [-0.39, 0.29) is 11.1 Å². The Balaban J connectivity index is 2.70. The van der Waals surface area contributed by atoms with Gasteiger partial charge in [-0.1, -0.05) is 24.3 Å². The third kappa shape index (κ3) is 1.60. The van der Waals surface area contributed by atoms with Crippen molar-refractivity contribution in [3.63, 3.8) is 0 Å². The second-order valence-electron chi connectivity index (χ2n) is 4.16. The van der Waals surface area contributed by atoms with E-state index >= 15 is 0 Å². The molecule has 0 unspecified atom stereocenters. The fraction of sp³-hybridized carbons (Fsp3) is 0.273. The van der Waals surface area contributed by atoms with Crippen LogP contribution in [0.15, 0.2) is 24.3 Å². The highest BCUT2D eigenvalue weighted by molar-refractivity contribution is 7.88. The average molecular weight is 253 g/mol. The molecule has 1 aliphatic carbocycles. The maximum absolute atomic E-state index is 12.0. The van der Waals surface area contributed by atoms with Crippen LogP contribution < -0.4 is 0 Å². The number of carbonyl (C=O) groups excluding carboxylic acids is 2. The lowest BCUT2D eigenvalue weighted by atomic mass is 9.82. The van der Waals surface area contributed by atoms with Gasteiger partial charge in [0.25, 0.3) is 0 Å². The summed E-state index contributed by atoms with van der Waals surface area (Å²) in [5.41, 5.74) is 0.185. The lowest BCUT2D eigenvalue weighted by Crippen LogP contribution is -2.48. The van der Waals surface area contributed by atoms with Gasteiger partial charge in [-0.25, -0.2) is 8.42 Å². The molecule has 0 aromatic heterocycles. The fourth-order valence-electron chi connectivity index (χ4n) is 1.89. The Hall–Kier alpha value is -1.53. The van der Waals surface area contributed by atoms with E-state index in [2.05, 4.69) is 0 Å². The van der Waals surface area contributed by atoms with Crippen molar-refractivity contribution in [1.82, 2.24) is 0 Å². The van der Waals surface area contributed by atoms with Crippen LogP contribution in [0.3, 0.4) is 0 Å². The summed E-state index contributed by atoms with van der Waals surface area (Å²) in [4.78, 5) is 23.7. The summed E-state index contributed by atoms with van der Waals surface area (Å²) < 4.78 is 31.3. The lowest BCUT2D eigenvalue weighted by Gasteiger charge is -2.34. The quantitative estimate of drug-likeness (QED) is 0.689. The number of benzene rings is 1. The van der Waals surface area contributed by atoms with E-state index in [9.17, 15) is 22.6 Å². The summed E-state index contributed by atoms with van der Waals surface area (Å²) >= 11 is 0. The van der Waals surface area contributed by atoms with E-state index in [4.69, 9.17) is 0 Å². The van der Waals surface area contributed by atoms with Crippen LogP contribution in [-0.4, -0.2) is 29.3 Å². The molecule has 90 valence electrons. The number of hydrogen-bond donors (Lipinski definition) is 0. The zero-order valence-corrected chi connectivity index (χ0v) is 9.78. The van der Waals surface area contributed by atoms with Gasteiger partial charge < -0.3 is 4.55 Å². The van der Waals surface area contributed by atoms with Gasteiger partial charge in [-0.2, -0.15) is 0 Å². The molecular weight excluding hydrogens is 244 g/mol. The number of rotatable bonds is 1. The highest BCUT2D eigenvalue weighted by Gasteiger charge is 2.47. The first kappa shape index (κ1) is 11.9. The molecule has 0 spiro atoms. The van der Waals surface area contributed by atoms with Gasteiger partial charge in [0.15, 0.2) is 11.6 Å². The van der Waals surface area contributed by atoms with Gasteiger partial charge in [0.05, 0.1) is 0 Å². The highest BCUT2D eigenvalue weighted by Crippen LogP contribution is 2.33. The second kappa shape index (κ2) is 3.48. The fourth-order valence-corrected chi connectivity index (χ4v) is 2.54. The van der Waals surface area contributed by atoms with Crippen LogP contribution in [0.1, 0.15) is 34.1 Å². The molecule has 0 saturated heterocycles. The van der Waals surface area contributed by atoms with Crippen LogP contribution >= 0.6 is 0 Å². The molecule has 6 heteroatoms. The molecule has 5 nitrogen and oxygen atoms in total. The smallest absolute Gasteiger partial charge is 0.183 e. The zero-order valence-electron chi connectivity index (χ0n) is 8.97. The molecule has 0 saturated carbocycles. The van der Waals surface area contributed by atoms with Crippen molar-refractivity contribution >= 4 is 21.7 Å². The third-order valence-electron chi connectivity index (χ3n) is 3.00. The second-order valence-corrected chi connectivity index (χ2v) is 5.97. The Morgan fingerprint density at radius 2 is 1.71 bits per heavy atom. The van der Waals surface area contributed by atoms with Crippen molar-refractivity contribution in [3.8, 4) is 0 Å². The third-order valence-corrected chi connectivity index (χ3v) is 4.44. The highest BCUT2D eigenvalue weighted by atomic mass is 32.2. The molecule has 1 aromatic rings. The Morgan fingerprint density at radius 3 is 2.24 bits per heavy atom. The largest absolute Gasteiger partial charge is 0.747 e. The summed E-state index contributed by atoms with van der Waals surface area (Å²) in [5.74, 6) is -1.30. The van der Waals surface area contributed by atoms with E-state index in [1.807, 2.05) is 0 Å². The predicted molar refractivity (Wildman–Crippen MR) is 57.8 cm³/mol. The minimum Gasteiger partial charge on any atom is -0.747 e. The lowest BCUT2D eigenvalue weighted by molar-refractivity contribution is 0.0845. The minimum atomic E-state index is -4.87. The van der Waals surface area contributed by atoms with Gasteiger partial charge >= 0.3 is 0 Å². The first-order valence-electron chi connectivity index (χ1n) is 4.90. The summed E-state index contributed by atoms with van der Waals surface area (Å²) in [6, 6.07) is 5.91. The number of ketones is 2. The van der Waals surface area contributed by atoms with Gasteiger partial charge in [0.2, 0.25) is 0 Å². The summed E-state index contributed by atoms with van der Waals surface area (Å²) in [5, 5.41) is 0. The van der Waals surface area contributed by atoms with E-state index < -0.39 is 32.9 Å². The molecule has 0 radical (unpaired) electrons. The summed E-state index contributed by atoms with van der Waals surface area (Å²) in [7, 11) is -4.87. The number of fused-ring (bicyclic) bond motifs is 1. The van der Waals surface area contributed by atoms with Crippen molar-refractivity contribution in [2.24, 2.45) is 0 Å². The van der Waals surface area contributed by atoms with Gasteiger partial charge in [0, 0.05) is 17.5 Å². The number of Topliss-reactive ketones (excluding diaryl/α,β-unsaturated/α-hetero) is 2. The molecule has 0 aliphatic heterocycles. The van der Waals surface area contributed by atoms with E-state index in [1.165, 1.54) is 18.2 Å². The number of hydrogen-bond acceptors (Lipinski definition) is 5. The van der Waals surface area contributed by atoms with Crippen LogP contribution in [0.5, 0.6) is 0 Å². The Morgan fingerprint density at radius 1 is 1.18 bits per heavy atom. The molecule has 0 amide bonds. The van der Waals surface area contributed by atoms with Crippen molar-refractivity contribution in [1.29, 1.82) is 0 Å². The van der Waals surface area contributed by atoms with Crippen LogP contribution in [-0.2, 0) is 10.1 Å². The van der Waals surface area contributed by atoms with Crippen molar-refractivity contribution < 1.29 is 22.6 Å². The van der Waals surface area contributed by atoms with Crippen molar-refractivity contribution in [3.05, 3.63) is 35.4 Å². The van der Waals surface area contributed by atoms with Gasteiger partial charge in [-0.05, 0) is 6.92 Å². The zero-order chi connectivity index (χ0) is 12.8. The molecule has 0 heterocycles. The van der Waals surface area contributed by atoms with Crippen molar-refractivity contribution in [2.45, 2.75) is 18.1 Å². The predicted octanol–water partition coefficient (Wildman–Crippen LogP) is 0.760. The van der Waals surface area contributed by atoms with Crippen LogP contribution in [0.25, 0.3) is 0 Å². The van der Waals surface area contributed by atoms with Gasteiger partial charge in [0.1, 0.15) is 14.9 Å². The average Bonchev–Trinajstić information content (AvgIpc) is 2.25. The van der Waals surface area contributed by atoms with E-state index in [0.717, 1.165) is 6.92 Å². The normalized spacial score (nSPS) is 24.6. The van der Waals surface area contributed by atoms with E-state index in [1.54, 1.807) is 6.07 Å². The minimum absolute atomic E-state index is 0.00525. The molecule has 2 rings (SSSR count). The molecule has 0 fully saturated rings. The Kier molecular flexibility index (Phi) is 2.44. The standard InChI is InChI=1S/C11H10O5S/c1-11(17(14,15)16)6-9(12)7-4-2-3-5-8(7)10(11)13/h2-5H,6H2,1H3,(H,14,15,16)/p-1/t11-/m1/s1. The van der Waals surface area contributed by atoms with E-state index in [0.29, 0.717) is 0 Å². The molecular formula is C11H9O5S-. The van der Waals surface area contributed by atoms with Crippen LogP contribution in [0.2, 0.25) is 0 Å². The molecule has 0 bridgehead atoms. The molecule has 17 heavy (non-hydrogen) atoms. The SMILES string of the molecule is C[C@@]1(S(=O)(=O)[O-])CC(=O)c2ccccc2C1=O. The monoisotopic (exact) mass is 253 g/mol. The van der Waals surface area contributed by atoms with Gasteiger partial charge in [-0.15, -0.1) is 0 Å². The molecule has 1 atom stereocenters. The topological polar surface area (TPSA) is 91.3 Å². The molecule has 0 N–H and O–H groups in total. The summed E-state index contributed by atoms with van der Waals surface area (Å²) in [6.07, 6.45) is -0.589. The summed E-state index contributed by atoms with van der Waals surface area (Å²) in [6.45, 7) is 1.01. The van der Waals surface area contributed by atoms with Crippen LogP contribution in [0, 0.1) is 0 Å². The maximum Gasteiger partial charge on any atom is 0.183 e. The molecule has 1 aliphatic rings. The first-order valence-corrected chi connectivity index (χ1v) is 6.31.